The van der Waals surface area contributed by atoms with Crippen molar-refractivity contribution in [1.29, 1.82) is 5.39 Å². The molecule has 0 aromatic heterocycles. The molecule has 0 amide bonds. The van der Waals surface area contributed by atoms with Crippen LogP contribution in [0.25, 0.3) is 4.98 Å². The van der Waals surface area contributed by atoms with E-state index in [1.54, 1.807) is 6.07 Å². The number of aryl methyl sites for hydroxylation is 1. The van der Waals surface area contributed by atoms with E-state index in [0.29, 0.717) is 5.69 Å². The lowest BCUT2D eigenvalue weighted by atomic mass is 10.1. The summed E-state index contributed by atoms with van der Waals surface area (Å²) < 4.78 is 0. The molecule has 0 saturated carbocycles. The lowest BCUT2D eigenvalue weighted by Gasteiger charge is -2.13. The summed E-state index contributed by atoms with van der Waals surface area (Å²) in [5.74, 6) is 0. The molecule has 12 heavy (non-hydrogen) atoms. The Morgan fingerprint density at radius 3 is 2.42 bits per heavy atom. The maximum absolute atomic E-state index is 8.50. The van der Waals surface area contributed by atoms with E-state index in [0.717, 1.165) is 11.3 Å². The summed E-state index contributed by atoms with van der Waals surface area (Å²) in [6.45, 7) is 1.99. The molecule has 0 aliphatic rings. The highest BCUT2D eigenvalue weighted by atomic mass is 15.1. The summed E-state index contributed by atoms with van der Waals surface area (Å²) in [6, 6.07) is 5.56. The molecule has 1 rings (SSSR count). The van der Waals surface area contributed by atoms with Crippen molar-refractivity contribution in [2.45, 2.75) is 6.92 Å². The van der Waals surface area contributed by atoms with Crippen molar-refractivity contribution in [3.63, 3.8) is 0 Å². The Morgan fingerprint density at radius 2 is 2.00 bits per heavy atom. The number of nitrogens with zero attached hydrogens (tertiary/aromatic N) is 3. The van der Waals surface area contributed by atoms with Crippen LogP contribution in [0, 0.1) is 12.3 Å². The van der Waals surface area contributed by atoms with Gasteiger partial charge in [-0.2, -0.15) is 0 Å². The minimum atomic E-state index is 0.595. The Labute approximate surface area is 72.2 Å². The minimum absolute atomic E-state index is 0.595. The molecule has 0 fully saturated rings. The third kappa shape index (κ3) is 1.54. The molecular formula is C9H12N3+. The van der Waals surface area contributed by atoms with Gasteiger partial charge in [0.2, 0.25) is 5.39 Å². The first-order chi connectivity index (χ1) is 5.65. The number of rotatable bonds is 1. The zero-order valence-electron chi connectivity index (χ0n) is 7.57. The van der Waals surface area contributed by atoms with E-state index in [4.69, 9.17) is 5.39 Å². The number of hydrogen-bond acceptors (Lipinski definition) is 2. The van der Waals surface area contributed by atoms with Crippen LogP contribution in [0.1, 0.15) is 5.56 Å². The standard InChI is InChI=1S/C9H12N3/c1-7-6-8(11-10)4-5-9(7)12(2)3/h4-6H,1-3H3/q+1. The van der Waals surface area contributed by atoms with Crippen LogP contribution in [0.5, 0.6) is 0 Å². The zero-order chi connectivity index (χ0) is 9.14. The molecule has 0 bridgehead atoms. The summed E-state index contributed by atoms with van der Waals surface area (Å²) in [5.41, 5.74) is 2.84. The Morgan fingerprint density at radius 1 is 1.33 bits per heavy atom. The molecule has 0 unspecified atom stereocenters. The third-order valence-corrected chi connectivity index (χ3v) is 1.78. The van der Waals surface area contributed by atoms with Crippen LogP contribution in [-0.2, 0) is 0 Å². The van der Waals surface area contributed by atoms with Gasteiger partial charge in [-0.25, -0.2) is 0 Å². The van der Waals surface area contributed by atoms with Crippen LogP contribution in [0.15, 0.2) is 18.2 Å². The van der Waals surface area contributed by atoms with Crippen molar-refractivity contribution in [2.24, 2.45) is 0 Å². The molecule has 0 radical (unpaired) electrons. The van der Waals surface area contributed by atoms with Gasteiger partial charge in [0, 0.05) is 31.9 Å². The first-order valence-corrected chi connectivity index (χ1v) is 3.78. The highest BCUT2D eigenvalue weighted by Crippen LogP contribution is 2.23. The maximum atomic E-state index is 8.50. The minimum Gasteiger partial charge on any atom is -0.377 e. The van der Waals surface area contributed by atoms with Gasteiger partial charge in [-0.3, -0.25) is 0 Å². The van der Waals surface area contributed by atoms with Crippen molar-refractivity contribution in [2.75, 3.05) is 19.0 Å². The molecule has 0 spiro atoms. The highest BCUT2D eigenvalue weighted by Gasteiger charge is 2.07. The van der Waals surface area contributed by atoms with Crippen LogP contribution in [0.4, 0.5) is 11.4 Å². The van der Waals surface area contributed by atoms with Crippen LogP contribution in [0.2, 0.25) is 0 Å². The van der Waals surface area contributed by atoms with Gasteiger partial charge < -0.3 is 4.90 Å². The van der Waals surface area contributed by atoms with Crippen molar-refractivity contribution in [3.05, 3.63) is 28.7 Å². The Hall–Kier alpha value is -1.56. The molecule has 62 valence electrons. The number of diazo groups is 1. The maximum Gasteiger partial charge on any atom is 0.385 e. The second kappa shape index (κ2) is 3.22. The summed E-state index contributed by atoms with van der Waals surface area (Å²) in [4.78, 5) is 5.14. The first-order valence-electron chi connectivity index (χ1n) is 3.78. The van der Waals surface area contributed by atoms with Crippen LogP contribution >= 0.6 is 0 Å². The molecule has 0 aliphatic carbocycles. The molecule has 0 aliphatic heterocycles. The second-order valence-electron chi connectivity index (χ2n) is 2.97. The average molecular weight is 162 g/mol. The predicted octanol–water partition coefficient (Wildman–Crippen LogP) is 2.55. The monoisotopic (exact) mass is 162 g/mol. The van der Waals surface area contributed by atoms with E-state index in [-0.39, 0.29) is 0 Å². The van der Waals surface area contributed by atoms with E-state index in [1.807, 2.05) is 38.1 Å². The Kier molecular flexibility index (Phi) is 2.29. The fraction of sp³-hybridized carbons (Fsp3) is 0.333. The molecule has 0 N–H and O–H groups in total. The lowest BCUT2D eigenvalue weighted by Crippen LogP contribution is -2.09. The van der Waals surface area contributed by atoms with Gasteiger partial charge in [0.05, 0.1) is 0 Å². The quantitative estimate of drug-likeness (QED) is 0.594. The zero-order valence-corrected chi connectivity index (χ0v) is 7.57. The number of anilines is 1. The van der Waals surface area contributed by atoms with Gasteiger partial charge in [0.25, 0.3) is 0 Å². The van der Waals surface area contributed by atoms with Crippen molar-refractivity contribution < 1.29 is 0 Å². The van der Waals surface area contributed by atoms with Crippen molar-refractivity contribution in [3.8, 4) is 0 Å². The lowest BCUT2D eigenvalue weighted by molar-refractivity contribution is 1.11. The van der Waals surface area contributed by atoms with E-state index in [9.17, 15) is 0 Å². The van der Waals surface area contributed by atoms with Gasteiger partial charge in [-0.05, 0) is 18.6 Å². The summed E-state index contributed by atoms with van der Waals surface area (Å²) in [6.07, 6.45) is 0. The normalized spacial score (nSPS) is 9.17. The van der Waals surface area contributed by atoms with Gasteiger partial charge >= 0.3 is 5.69 Å². The summed E-state index contributed by atoms with van der Waals surface area (Å²) in [7, 11) is 3.97. The van der Waals surface area contributed by atoms with Crippen molar-refractivity contribution >= 4 is 11.4 Å². The van der Waals surface area contributed by atoms with Crippen molar-refractivity contribution in [1.82, 2.24) is 0 Å². The molecule has 3 heteroatoms. The van der Waals surface area contributed by atoms with E-state index in [1.165, 1.54) is 0 Å². The predicted molar refractivity (Wildman–Crippen MR) is 50.3 cm³/mol. The van der Waals surface area contributed by atoms with Crippen LogP contribution in [0.3, 0.4) is 0 Å². The molecule has 3 nitrogen and oxygen atoms in total. The molecule has 0 atom stereocenters. The topological polar surface area (TPSA) is 31.4 Å². The van der Waals surface area contributed by atoms with E-state index >= 15 is 0 Å². The second-order valence-corrected chi connectivity index (χ2v) is 2.97. The highest BCUT2D eigenvalue weighted by molar-refractivity contribution is 5.60. The SMILES string of the molecule is Cc1cc([N+]#N)ccc1N(C)C. The Balaban J connectivity index is 3.14. The fourth-order valence-corrected chi connectivity index (χ4v) is 1.20. The van der Waals surface area contributed by atoms with E-state index in [2.05, 4.69) is 4.98 Å². The van der Waals surface area contributed by atoms with E-state index < -0.39 is 0 Å². The first kappa shape index (κ1) is 8.54. The smallest absolute Gasteiger partial charge is 0.377 e. The average Bonchev–Trinajstić information content (AvgIpc) is 2.03. The number of hydrogen-bond donors (Lipinski definition) is 0. The molecule has 0 saturated heterocycles. The van der Waals surface area contributed by atoms with Gasteiger partial charge in [0.1, 0.15) is 0 Å². The molecule has 1 aromatic carbocycles. The summed E-state index contributed by atoms with van der Waals surface area (Å²) in [5, 5.41) is 8.50. The van der Waals surface area contributed by atoms with Gasteiger partial charge in [-0.15, -0.1) is 0 Å². The molecule has 0 heterocycles. The van der Waals surface area contributed by atoms with Crippen LogP contribution < -0.4 is 4.90 Å². The van der Waals surface area contributed by atoms with Crippen LogP contribution in [-0.4, -0.2) is 14.1 Å². The number of benzene rings is 1. The third-order valence-electron chi connectivity index (χ3n) is 1.78. The largest absolute Gasteiger partial charge is 0.385 e. The summed E-state index contributed by atoms with van der Waals surface area (Å²) >= 11 is 0. The molecular weight excluding hydrogens is 150 g/mol. The fourth-order valence-electron chi connectivity index (χ4n) is 1.20. The van der Waals surface area contributed by atoms with Gasteiger partial charge in [0.15, 0.2) is 4.98 Å². The van der Waals surface area contributed by atoms with Gasteiger partial charge in [-0.1, -0.05) is 0 Å². The molecule has 1 aromatic rings. The Bertz CT molecular complexity index is 323.